The molecule has 1 saturated carbocycles. The van der Waals surface area contributed by atoms with E-state index in [0.717, 1.165) is 38.1 Å². The molecule has 1 spiro atoms. The Labute approximate surface area is 136 Å². The predicted molar refractivity (Wildman–Crippen MR) is 87.2 cm³/mol. The van der Waals surface area contributed by atoms with Gasteiger partial charge >= 0.3 is 0 Å². The number of hydrogen-bond acceptors (Lipinski definition) is 3. The third kappa shape index (κ3) is 3.39. The first kappa shape index (κ1) is 15.6. The minimum Gasteiger partial charge on any atom is -0.492 e. The molecule has 22 heavy (non-hydrogen) atoms. The molecule has 0 aromatic heterocycles. The topological polar surface area (TPSA) is 41.6 Å². The second-order valence-electron chi connectivity index (χ2n) is 6.43. The Balaban J connectivity index is 1.44. The van der Waals surface area contributed by atoms with Gasteiger partial charge in [0.25, 0.3) is 0 Å². The van der Waals surface area contributed by atoms with Crippen LogP contribution in [0.4, 0.5) is 0 Å². The summed E-state index contributed by atoms with van der Waals surface area (Å²) in [5.74, 6) is 1.25. The van der Waals surface area contributed by atoms with Crippen molar-refractivity contribution >= 4 is 17.5 Å². The summed E-state index contributed by atoms with van der Waals surface area (Å²) in [4.78, 5) is 14.3. The Morgan fingerprint density at radius 1 is 1.45 bits per heavy atom. The summed E-state index contributed by atoms with van der Waals surface area (Å²) < 4.78 is 5.66. The normalized spacial score (nSPS) is 22.4. The van der Waals surface area contributed by atoms with Gasteiger partial charge in [-0.05, 0) is 56.0 Å². The van der Waals surface area contributed by atoms with E-state index in [4.69, 9.17) is 16.3 Å². The molecule has 1 atom stereocenters. The van der Waals surface area contributed by atoms with Gasteiger partial charge in [-0.3, -0.25) is 4.79 Å². The van der Waals surface area contributed by atoms with E-state index in [1.165, 1.54) is 0 Å². The maximum absolute atomic E-state index is 12.5. The van der Waals surface area contributed by atoms with Crippen molar-refractivity contribution in [3.8, 4) is 5.75 Å². The zero-order valence-electron chi connectivity index (χ0n) is 13.0. The zero-order chi connectivity index (χ0) is 15.6. The minimum atomic E-state index is 0.228. The number of nitrogens with one attached hydrogen (secondary N) is 1. The van der Waals surface area contributed by atoms with Gasteiger partial charge in [-0.2, -0.15) is 0 Å². The van der Waals surface area contributed by atoms with Crippen LogP contribution < -0.4 is 10.1 Å². The van der Waals surface area contributed by atoms with Gasteiger partial charge in [0.05, 0.1) is 6.54 Å². The van der Waals surface area contributed by atoms with Crippen LogP contribution in [-0.4, -0.2) is 44.1 Å². The Morgan fingerprint density at radius 2 is 2.23 bits per heavy atom. The highest BCUT2D eigenvalue weighted by Gasteiger charge is 2.58. The van der Waals surface area contributed by atoms with E-state index in [9.17, 15) is 4.79 Å². The van der Waals surface area contributed by atoms with Crippen LogP contribution >= 0.6 is 11.6 Å². The number of halogens is 1. The van der Waals surface area contributed by atoms with E-state index in [2.05, 4.69) is 5.32 Å². The lowest BCUT2D eigenvalue weighted by Crippen LogP contribution is -2.36. The maximum atomic E-state index is 12.5. The van der Waals surface area contributed by atoms with E-state index in [1.54, 1.807) is 6.07 Å². The number of piperidine rings is 1. The van der Waals surface area contributed by atoms with Crippen LogP contribution in [0.1, 0.15) is 19.3 Å². The molecule has 1 amide bonds. The lowest BCUT2D eigenvalue weighted by atomic mass is 9.91. The third-order valence-electron chi connectivity index (χ3n) is 4.95. The number of amides is 1. The average molecular weight is 323 g/mol. The molecule has 1 aromatic rings. The Kier molecular flexibility index (Phi) is 4.59. The van der Waals surface area contributed by atoms with Crippen LogP contribution in [0.5, 0.6) is 5.75 Å². The molecule has 1 heterocycles. The summed E-state index contributed by atoms with van der Waals surface area (Å²) in [6.07, 6.45) is 3.33. The molecule has 1 aromatic carbocycles. The van der Waals surface area contributed by atoms with Crippen molar-refractivity contribution < 1.29 is 9.53 Å². The van der Waals surface area contributed by atoms with E-state index < -0.39 is 0 Å². The molecule has 1 saturated heterocycles. The van der Waals surface area contributed by atoms with Gasteiger partial charge in [-0.25, -0.2) is 0 Å². The monoisotopic (exact) mass is 322 g/mol. The highest BCUT2D eigenvalue weighted by molar-refractivity contribution is 6.30. The van der Waals surface area contributed by atoms with Gasteiger partial charge in [-0.15, -0.1) is 0 Å². The van der Waals surface area contributed by atoms with Crippen LogP contribution in [0.2, 0.25) is 5.02 Å². The fourth-order valence-electron chi connectivity index (χ4n) is 3.41. The van der Waals surface area contributed by atoms with Crippen LogP contribution in [-0.2, 0) is 4.79 Å². The van der Waals surface area contributed by atoms with Gasteiger partial charge in [-0.1, -0.05) is 17.7 Å². The predicted octanol–water partition coefficient (Wildman–Crippen LogP) is 2.57. The molecule has 1 aliphatic carbocycles. The fraction of sp³-hybridized carbons (Fsp3) is 0.588. The molecule has 120 valence electrons. The number of hydrogen-bond donors (Lipinski definition) is 1. The average Bonchev–Trinajstić information content (AvgIpc) is 3.20. The summed E-state index contributed by atoms with van der Waals surface area (Å²) in [5.41, 5.74) is 0.296. The van der Waals surface area contributed by atoms with Crippen molar-refractivity contribution in [1.29, 1.82) is 0 Å². The number of likely N-dealkylation sites (N-methyl/N-ethyl adjacent to an activating group) is 1. The molecule has 0 radical (unpaired) electrons. The van der Waals surface area contributed by atoms with Crippen molar-refractivity contribution in [2.45, 2.75) is 19.3 Å². The molecule has 4 nitrogen and oxygen atoms in total. The summed E-state index contributed by atoms with van der Waals surface area (Å²) in [5, 5.41) is 4.03. The van der Waals surface area contributed by atoms with E-state index in [-0.39, 0.29) is 11.8 Å². The number of rotatable bonds is 5. The highest BCUT2D eigenvalue weighted by Crippen LogP contribution is 2.59. The quantitative estimate of drug-likeness (QED) is 0.906. The Bertz CT molecular complexity index is 543. The third-order valence-corrected chi connectivity index (χ3v) is 5.19. The van der Waals surface area contributed by atoms with Crippen molar-refractivity contribution in [3.05, 3.63) is 29.3 Å². The first-order valence-electron chi connectivity index (χ1n) is 7.95. The van der Waals surface area contributed by atoms with E-state index in [1.807, 2.05) is 30.1 Å². The van der Waals surface area contributed by atoms with Crippen LogP contribution in [0.3, 0.4) is 0 Å². The second kappa shape index (κ2) is 6.47. The fourth-order valence-corrected chi connectivity index (χ4v) is 3.59. The lowest BCUT2D eigenvalue weighted by molar-refractivity contribution is -0.132. The van der Waals surface area contributed by atoms with Crippen molar-refractivity contribution in [2.75, 3.05) is 33.3 Å². The van der Waals surface area contributed by atoms with Gasteiger partial charge in [0, 0.05) is 18.0 Å². The summed E-state index contributed by atoms with van der Waals surface area (Å²) in [7, 11) is 1.87. The first-order valence-corrected chi connectivity index (χ1v) is 8.33. The molecule has 5 heteroatoms. The number of ether oxygens (including phenoxy) is 1. The van der Waals surface area contributed by atoms with E-state index in [0.29, 0.717) is 23.6 Å². The largest absolute Gasteiger partial charge is 0.492 e. The highest BCUT2D eigenvalue weighted by atomic mass is 35.5. The summed E-state index contributed by atoms with van der Waals surface area (Å²) in [6.45, 7) is 3.19. The van der Waals surface area contributed by atoms with Crippen molar-refractivity contribution in [2.24, 2.45) is 11.3 Å². The molecule has 1 aliphatic heterocycles. The summed E-state index contributed by atoms with van der Waals surface area (Å²) in [6, 6.07) is 7.33. The number of nitrogens with zero attached hydrogens (tertiary/aromatic N) is 1. The van der Waals surface area contributed by atoms with Gasteiger partial charge in [0.15, 0.2) is 0 Å². The molecule has 2 aliphatic rings. The molecule has 2 fully saturated rings. The standard InChI is InChI=1S/C17H23ClN2O2/c1-20(9-10-22-14-4-2-3-13(18)11-14)16(21)15-12-17(15)5-7-19-8-6-17/h2-4,11,15,19H,5-10,12H2,1H3. The molecule has 1 unspecified atom stereocenters. The molecule has 3 rings (SSSR count). The van der Waals surface area contributed by atoms with Crippen LogP contribution in [0.25, 0.3) is 0 Å². The molecular weight excluding hydrogens is 300 g/mol. The number of carbonyl (C=O) groups excluding carboxylic acids is 1. The van der Waals surface area contributed by atoms with Gasteiger partial charge < -0.3 is 15.0 Å². The Morgan fingerprint density at radius 3 is 2.95 bits per heavy atom. The van der Waals surface area contributed by atoms with Crippen molar-refractivity contribution in [1.82, 2.24) is 10.2 Å². The molecular formula is C17H23ClN2O2. The lowest BCUT2D eigenvalue weighted by Gasteiger charge is -2.25. The number of benzene rings is 1. The molecule has 0 bridgehead atoms. The summed E-state index contributed by atoms with van der Waals surface area (Å²) >= 11 is 5.92. The SMILES string of the molecule is CN(CCOc1cccc(Cl)c1)C(=O)C1CC12CCNCC2. The van der Waals surface area contributed by atoms with Crippen LogP contribution in [0.15, 0.2) is 24.3 Å². The second-order valence-corrected chi connectivity index (χ2v) is 6.87. The molecule has 1 N–H and O–H groups in total. The Hall–Kier alpha value is -1.26. The number of carbonyl (C=O) groups is 1. The minimum absolute atomic E-state index is 0.228. The van der Waals surface area contributed by atoms with Gasteiger partial charge in [0.2, 0.25) is 5.91 Å². The zero-order valence-corrected chi connectivity index (χ0v) is 13.7. The smallest absolute Gasteiger partial charge is 0.226 e. The van der Waals surface area contributed by atoms with E-state index >= 15 is 0 Å². The maximum Gasteiger partial charge on any atom is 0.226 e. The van der Waals surface area contributed by atoms with Crippen LogP contribution in [0, 0.1) is 11.3 Å². The van der Waals surface area contributed by atoms with Gasteiger partial charge in [0.1, 0.15) is 12.4 Å². The van der Waals surface area contributed by atoms with Crippen molar-refractivity contribution in [3.63, 3.8) is 0 Å². The first-order chi connectivity index (χ1) is 10.6.